The number of carbonyl (C=O) groups excluding carboxylic acids is 2. The van der Waals surface area contributed by atoms with Crippen molar-refractivity contribution in [1.82, 2.24) is 19.8 Å². The summed E-state index contributed by atoms with van der Waals surface area (Å²) < 4.78 is 5.57. The van der Waals surface area contributed by atoms with Crippen LogP contribution in [0.4, 0.5) is 0 Å². The van der Waals surface area contributed by atoms with Gasteiger partial charge in [0.2, 0.25) is 5.91 Å². The molecule has 1 fully saturated rings. The first kappa shape index (κ1) is 18.4. The molecule has 7 nitrogen and oxygen atoms in total. The van der Waals surface area contributed by atoms with E-state index < -0.39 is 0 Å². The lowest BCUT2D eigenvalue weighted by molar-refractivity contribution is -0.134. The van der Waals surface area contributed by atoms with Crippen molar-refractivity contribution >= 4 is 11.8 Å². The number of amides is 2. The number of benzene rings is 1. The lowest BCUT2D eigenvalue weighted by Crippen LogP contribution is -2.39. The smallest absolute Gasteiger partial charge is 0.260 e. The van der Waals surface area contributed by atoms with E-state index >= 15 is 0 Å². The van der Waals surface area contributed by atoms with Gasteiger partial charge >= 0.3 is 0 Å². The highest BCUT2D eigenvalue weighted by atomic mass is 16.5. The summed E-state index contributed by atoms with van der Waals surface area (Å²) in [5.74, 6) is 1.78. The average Bonchev–Trinajstić information content (AvgIpc) is 3.23. The van der Waals surface area contributed by atoms with E-state index in [-0.39, 0.29) is 24.3 Å². The Bertz CT molecular complexity index is 871. The van der Waals surface area contributed by atoms with Crippen LogP contribution in [0.5, 0.6) is 5.75 Å². The molecule has 0 aliphatic carbocycles. The lowest BCUT2D eigenvalue weighted by atomic mass is 10.0. The maximum atomic E-state index is 12.5. The fraction of sp³-hybridized carbons (Fsp3) is 0.429. The molecule has 3 heterocycles. The summed E-state index contributed by atoms with van der Waals surface area (Å²) in [6.45, 7) is 4.23. The number of nitrogens with zero attached hydrogens (tertiary/aromatic N) is 4. The molecule has 4 rings (SSSR count). The molecule has 0 radical (unpaired) electrons. The summed E-state index contributed by atoms with van der Waals surface area (Å²) in [5, 5.41) is 0. The van der Waals surface area contributed by atoms with Crippen molar-refractivity contribution in [3.63, 3.8) is 0 Å². The number of para-hydroxylation sites is 1. The minimum atomic E-state index is -0.0357. The maximum absolute atomic E-state index is 12.5. The van der Waals surface area contributed by atoms with Gasteiger partial charge in [-0.25, -0.2) is 9.97 Å². The van der Waals surface area contributed by atoms with Crippen molar-refractivity contribution in [3.8, 4) is 5.75 Å². The molecule has 1 aromatic carbocycles. The molecule has 1 unspecified atom stereocenters. The first-order chi connectivity index (χ1) is 13.6. The van der Waals surface area contributed by atoms with Gasteiger partial charge in [0.05, 0.1) is 5.69 Å². The summed E-state index contributed by atoms with van der Waals surface area (Å²) in [7, 11) is 0. The first-order valence-electron chi connectivity index (χ1n) is 9.66. The van der Waals surface area contributed by atoms with Gasteiger partial charge in [0.1, 0.15) is 11.6 Å². The minimum absolute atomic E-state index is 0.0290. The number of hydrogen-bond donors (Lipinski definition) is 0. The molecule has 2 amide bonds. The monoisotopic (exact) mass is 380 g/mol. The number of aromatic nitrogens is 2. The van der Waals surface area contributed by atoms with Crippen molar-refractivity contribution < 1.29 is 14.3 Å². The number of likely N-dealkylation sites (tertiary alicyclic amines) is 1. The van der Waals surface area contributed by atoms with Crippen LogP contribution in [-0.4, -0.2) is 57.8 Å². The van der Waals surface area contributed by atoms with Crippen LogP contribution in [-0.2, 0) is 22.6 Å². The molecule has 0 saturated carbocycles. The van der Waals surface area contributed by atoms with Gasteiger partial charge in [-0.15, -0.1) is 0 Å². The minimum Gasteiger partial charge on any atom is -0.484 e. The highest BCUT2D eigenvalue weighted by Gasteiger charge is 2.29. The van der Waals surface area contributed by atoms with Gasteiger partial charge in [-0.05, 0) is 18.6 Å². The van der Waals surface area contributed by atoms with Crippen molar-refractivity contribution in [3.05, 3.63) is 53.6 Å². The van der Waals surface area contributed by atoms with Crippen LogP contribution >= 0.6 is 0 Å². The second-order valence-electron chi connectivity index (χ2n) is 7.32. The van der Waals surface area contributed by atoms with E-state index in [4.69, 9.17) is 9.72 Å². The summed E-state index contributed by atoms with van der Waals surface area (Å²) in [5.41, 5.74) is 2.00. The first-order valence-corrected chi connectivity index (χ1v) is 9.66. The van der Waals surface area contributed by atoms with E-state index in [0.29, 0.717) is 31.8 Å². The Labute approximate surface area is 164 Å². The zero-order valence-corrected chi connectivity index (χ0v) is 16.0. The molecule has 0 N–H and O–H groups in total. The number of fused-ring (bicyclic) bond motifs is 1. The van der Waals surface area contributed by atoms with E-state index in [2.05, 4.69) is 4.98 Å². The molecule has 1 atom stereocenters. The zero-order valence-electron chi connectivity index (χ0n) is 16.0. The Morgan fingerprint density at radius 3 is 2.75 bits per heavy atom. The molecule has 28 heavy (non-hydrogen) atoms. The van der Waals surface area contributed by atoms with Crippen LogP contribution in [0.1, 0.15) is 36.3 Å². The Morgan fingerprint density at radius 2 is 2.00 bits per heavy atom. The molecule has 1 aromatic heterocycles. The fourth-order valence-corrected chi connectivity index (χ4v) is 3.75. The van der Waals surface area contributed by atoms with Gasteiger partial charge in [-0.1, -0.05) is 18.2 Å². The van der Waals surface area contributed by atoms with Crippen LogP contribution in [0.15, 0.2) is 36.5 Å². The number of rotatable bonds is 4. The number of ether oxygens (including phenoxy) is 1. The van der Waals surface area contributed by atoms with Crippen LogP contribution < -0.4 is 4.74 Å². The average molecular weight is 380 g/mol. The molecule has 1 saturated heterocycles. The van der Waals surface area contributed by atoms with Crippen molar-refractivity contribution in [2.24, 2.45) is 0 Å². The Balaban J connectivity index is 1.37. The molecular formula is C21H24N4O3. The van der Waals surface area contributed by atoms with Crippen LogP contribution in [0.3, 0.4) is 0 Å². The number of carbonyl (C=O) groups is 2. The molecule has 146 valence electrons. The third-order valence-corrected chi connectivity index (χ3v) is 5.41. The number of hydrogen-bond acceptors (Lipinski definition) is 5. The predicted molar refractivity (Wildman–Crippen MR) is 103 cm³/mol. The van der Waals surface area contributed by atoms with Gasteiger partial charge in [-0.3, -0.25) is 9.59 Å². The summed E-state index contributed by atoms with van der Waals surface area (Å²) in [4.78, 5) is 37.0. The molecule has 0 bridgehead atoms. The molecule has 0 spiro atoms. The van der Waals surface area contributed by atoms with E-state index in [0.717, 1.165) is 30.0 Å². The van der Waals surface area contributed by atoms with Crippen LogP contribution in [0.2, 0.25) is 0 Å². The topological polar surface area (TPSA) is 75.6 Å². The van der Waals surface area contributed by atoms with Crippen molar-refractivity contribution in [2.75, 3.05) is 26.2 Å². The molecule has 2 aliphatic rings. The van der Waals surface area contributed by atoms with Gasteiger partial charge in [-0.2, -0.15) is 0 Å². The Kier molecular flexibility index (Phi) is 5.23. The molecule has 7 heteroatoms. The normalized spacial score (nSPS) is 18.7. The van der Waals surface area contributed by atoms with E-state index in [1.807, 2.05) is 41.4 Å². The van der Waals surface area contributed by atoms with Crippen LogP contribution in [0.25, 0.3) is 0 Å². The van der Waals surface area contributed by atoms with Crippen molar-refractivity contribution in [1.29, 1.82) is 0 Å². The second kappa shape index (κ2) is 7.96. The Hall–Kier alpha value is -2.96. The maximum Gasteiger partial charge on any atom is 0.260 e. The van der Waals surface area contributed by atoms with E-state index in [9.17, 15) is 9.59 Å². The van der Waals surface area contributed by atoms with Gasteiger partial charge in [0.15, 0.2) is 6.61 Å². The quantitative estimate of drug-likeness (QED) is 0.808. The van der Waals surface area contributed by atoms with E-state index in [1.54, 1.807) is 11.8 Å². The summed E-state index contributed by atoms with van der Waals surface area (Å²) in [6.07, 6.45) is 3.45. The summed E-state index contributed by atoms with van der Waals surface area (Å²) in [6, 6.07) is 9.35. The standard InChI is InChI=1S/C21H24N4O3/c1-15(26)24-9-7-16(12-24)21-22-11-17-13-25(10-8-19(17)23-21)20(27)14-28-18-5-3-2-4-6-18/h2-6,11,16H,7-10,12-14H2,1H3. The predicted octanol–water partition coefficient (Wildman–Crippen LogP) is 1.78. The molecular weight excluding hydrogens is 356 g/mol. The lowest BCUT2D eigenvalue weighted by Gasteiger charge is -2.28. The van der Waals surface area contributed by atoms with Gasteiger partial charge in [0, 0.05) is 57.2 Å². The molecule has 2 aromatic rings. The third-order valence-electron chi connectivity index (χ3n) is 5.41. The van der Waals surface area contributed by atoms with Gasteiger partial charge < -0.3 is 14.5 Å². The van der Waals surface area contributed by atoms with Crippen LogP contribution in [0, 0.1) is 0 Å². The summed E-state index contributed by atoms with van der Waals surface area (Å²) >= 11 is 0. The Morgan fingerprint density at radius 1 is 1.18 bits per heavy atom. The highest BCUT2D eigenvalue weighted by Crippen LogP contribution is 2.26. The van der Waals surface area contributed by atoms with Crippen molar-refractivity contribution in [2.45, 2.75) is 32.2 Å². The van der Waals surface area contributed by atoms with Gasteiger partial charge in [0.25, 0.3) is 5.91 Å². The SMILES string of the molecule is CC(=O)N1CCC(c2ncc3c(n2)CCN(C(=O)COc2ccccc2)C3)C1. The fourth-order valence-electron chi connectivity index (χ4n) is 3.75. The zero-order chi connectivity index (χ0) is 19.5. The molecule has 2 aliphatic heterocycles. The third kappa shape index (κ3) is 3.98. The second-order valence-corrected chi connectivity index (χ2v) is 7.32. The van der Waals surface area contributed by atoms with E-state index in [1.165, 1.54) is 0 Å². The largest absolute Gasteiger partial charge is 0.484 e. The highest BCUT2D eigenvalue weighted by molar-refractivity contribution is 5.78.